The SMILES string of the molecule is CN(C)S(=O)(=O)c1ccsc1C(=O)N1CCCC(COc2ccccc2)C1. The number of carbonyl (C=O) groups is 1. The molecule has 2 aromatic rings. The maximum atomic E-state index is 13.0. The average Bonchev–Trinajstić information content (AvgIpc) is 3.17. The van der Waals surface area contributed by atoms with E-state index >= 15 is 0 Å². The first-order chi connectivity index (χ1) is 12.9. The summed E-state index contributed by atoms with van der Waals surface area (Å²) in [6, 6.07) is 11.1. The molecular formula is C19H24N2O4S2. The molecule has 1 aromatic heterocycles. The molecule has 1 amide bonds. The van der Waals surface area contributed by atoms with Crippen molar-refractivity contribution in [2.75, 3.05) is 33.8 Å². The Hall–Kier alpha value is -1.90. The van der Waals surface area contributed by atoms with Crippen molar-refractivity contribution in [2.24, 2.45) is 5.92 Å². The second-order valence-electron chi connectivity index (χ2n) is 6.78. The van der Waals surface area contributed by atoms with Crippen LogP contribution in [0.2, 0.25) is 0 Å². The third-order valence-corrected chi connectivity index (χ3v) is 7.51. The molecule has 1 unspecified atom stereocenters. The van der Waals surface area contributed by atoms with Crippen molar-refractivity contribution in [3.63, 3.8) is 0 Å². The van der Waals surface area contributed by atoms with E-state index in [0.717, 1.165) is 22.9 Å². The van der Waals surface area contributed by atoms with E-state index in [9.17, 15) is 13.2 Å². The van der Waals surface area contributed by atoms with E-state index in [1.807, 2.05) is 30.3 Å². The van der Waals surface area contributed by atoms with Gasteiger partial charge in [-0.05, 0) is 36.4 Å². The molecule has 0 N–H and O–H groups in total. The van der Waals surface area contributed by atoms with Crippen LogP contribution >= 0.6 is 11.3 Å². The number of sulfonamides is 1. The zero-order valence-corrected chi connectivity index (χ0v) is 17.1. The monoisotopic (exact) mass is 408 g/mol. The van der Waals surface area contributed by atoms with Crippen LogP contribution < -0.4 is 4.74 Å². The van der Waals surface area contributed by atoms with Crippen LogP contribution in [0, 0.1) is 5.92 Å². The number of hydrogen-bond acceptors (Lipinski definition) is 5. The van der Waals surface area contributed by atoms with Crippen LogP contribution in [-0.2, 0) is 10.0 Å². The summed E-state index contributed by atoms with van der Waals surface area (Å²) >= 11 is 1.18. The number of piperidine rings is 1. The van der Waals surface area contributed by atoms with E-state index in [-0.39, 0.29) is 21.6 Å². The number of nitrogens with zero attached hydrogens (tertiary/aromatic N) is 2. The summed E-state index contributed by atoms with van der Waals surface area (Å²) in [5, 5.41) is 1.66. The molecule has 2 heterocycles. The smallest absolute Gasteiger partial charge is 0.265 e. The molecule has 1 aliphatic heterocycles. The number of thiophene rings is 1. The van der Waals surface area contributed by atoms with Gasteiger partial charge >= 0.3 is 0 Å². The van der Waals surface area contributed by atoms with Gasteiger partial charge in [-0.3, -0.25) is 4.79 Å². The van der Waals surface area contributed by atoms with Crippen LogP contribution in [0.25, 0.3) is 0 Å². The Morgan fingerprint density at radius 2 is 2.00 bits per heavy atom. The summed E-state index contributed by atoms with van der Waals surface area (Å²) in [6.07, 6.45) is 1.87. The molecule has 1 aliphatic rings. The lowest BCUT2D eigenvalue weighted by Gasteiger charge is -2.32. The standard InChI is InChI=1S/C19H24N2O4S2/c1-20(2)27(23,24)17-10-12-26-18(17)19(22)21-11-6-7-15(13-21)14-25-16-8-4-3-5-9-16/h3-5,8-10,12,15H,6-7,11,13-14H2,1-2H3. The van der Waals surface area contributed by atoms with Gasteiger partial charge in [-0.1, -0.05) is 18.2 Å². The quantitative estimate of drug-likeness (QED) is 0.737. The third-order valence-electron chi connectivity index (χ3n) is 4.62. The lowest BCUT2D eigenvalue weighted by molar-refractivity contribution is 0.0634. The zero-order valence-electron chi connectivity index (χ0n) is 15.5. The number of likely N-dealkylation sites (tertiary alicyclic amines) is 1. The van der Waals surface area contributed by atoms with Crippen molar-refractivity contribution < 1.29 is 17.9 Å². The van der Waals surface area contributed by atoms with E-state index in [1.54, 1.807) is 10.3 Å². The molecule has 0 radical (unpaired) electrons. The van der Waals surface area contributed by atoms with E-state index in [2.05, 4.69) is 0 Å². The molecule has 27 heavy (non-hydrogen) atoms. The van der Waals surface area contributed by atoms with Crippen LogP contribution in [0.15, 0.2) is 46.7 Å². The van der Waals surface area contributed by atoms with Gasteiger partial charge in [0, 0.05) is 33.1 Å². The van der Waals surface area contributed by atoms with Crippen molar-refractivity contribution in [1.82, 2.24) is 9.21 Å². The number of rotatable bonds is 6. The molecule has 0 saturated carbocycles. The fourth-order valence-corrected chi connectivity index (χ4v) is 5.37. The van der Waals surface area contributed by atoms with Crippen molar-refractivity contribution in [3.8, 4) is 5.75 Å². The highest BCUT2D eigenvalue weighted by molar-refractivity contribution is 7.89. The largest absolute Gasteiger partial charge is 0.493 e. The van der Waals surface area contributed by atoms with Crippen LogP contribution in [0.1, 0.15) is 22.5 Å². The molecular weight excluding hydrogens is 384 g/mol. The Labute approximate surface area is 164 Å². The Kier molecular flexibility index (Phi) is 6.18. The van der Waals surface area contributed by atoms with Crippen molar-refractivity contribution >= 4 is 27.3 Å². The highest BCUT2D eigenvalue weighted by atomic mass is 32.2. The third kappa shape index (κ3) is 4.51. The van der Waals surface area contributed by atoms with E-state index in [1.165, 1.54) is 31.5 Å². The number of hydrogen-bond donors (Lipinski definition) is 0. The molecule has 0 bridgehead atoms. The Morgan fingerprint density at radius 3 is 2.70 bits per heavy atom. The summed E-state index contributed by atoms with van der Waals surface area (Å²) in [7, 11) is -0.693. The van der Waals surface area contributed by atoms with Crippen LogP contribution in [0.4, 0.5) is 0 Å². The first-order valence-corrected chi connectivity index (χ1v) is 11.2. The lowest BCUT2D eigenvalue weighted by atomic mass is 9.99. The molecule has 6 nitrogen and oxygen atoms in total. The molecule has 8 heteroatoms. The Morgan fingerprint density at radius 1 is 1.26 bits per heavy atom. The summed E-state index contributed by atoms with van der Waals surface area (Å²) in [6.45, 7) is 1.76. The van der Waals surface area contributed by atoms with Crippen LogP contribution in [-0.4, -0.2) is 57.3 Å². The molecule has 0 aliphatic carbocycles. The minimum atomic E-state index is -3.64. The molecule has 1 fully saturated rings. The maximum absolute atomic E-state index is 13.0. The van der Waals surface area contributed by atoms with Crippen molar-refractivity contribution in [2.45, 2.75) is 17.7 Å². The minimum absolute atomic E-state index is 0.0881. The number of amides is 1. The number of para-hydroxylation sites is 1. The summed E-state index contributed by atoms with van der Waals surface area (Å²) in [5.74, 6) is 0.838. The number of benzene rings is 1. The fraction of sp³-hybridized carbons (Fsp3) is 0.421. The lowest BCUT2D eigenvalue weighted by Crippen LogP contribution is -2.41. The van der Waals surface area contributed by atoms with Gasteiger partial charge in [0.25, 0.3) is 5.91 Å². The van der Waals surface area contributed by atoms with E-state index in [4.69, 9.17) is 4.74 Å². The molecule has 1 saturated heterocycles. The van der Waals surface area contributed by atoms with Crippen molar-refractivity contribution in [1.29, 1.82) is 0 Å². The van der Waals surface area contributed by atoms with Gasteiger partial charge in [-0.25, -0.2) is 12.7 Å². The average molecular weight is 409 g/mol. The number of carbonyl (C=O) groups excluding carboxylic acids is 1. The van der Waals surface area contributed by atoms with Gasteiger partial charge in [0.2, 0.25) is 10.0 Å². The first-order valence-electron chi connectivity index (χ1n) is 8.86. The first kappa shape index (κ1) is 19.9. The Balaban J connectivity index is 1.68. The molecule has 0 spiro atoms. The molecule has 3 rings (SSSR count). The topological polar surface area (TPSA) is 66.9 Å². The van der Waals surface area contributed by atoms with Gasteiger partial charge in [0.05, 0.1) is 6.61 Å². The highest BCUT2D eigenvalue weighted by Crippen LogP contribution is 2.28. The second kappa shape index (κ2) is 8.41. The summed E-state index contributed by atoms with van der Waals surface area (Å²) in [4.78, 5) is 15.1. The second-order valence-corrected chi connectivity index (χ2v) is 9.82. The molecule has 146 valence electrons. The van der Waals surface area contributed by atoms with Gasteiger partial charge in [-0.15, -0.1) is 11.3 Å². The maximum Gasteiger partial charge on any atom is 0.265 e. The van der Waals surface area contributed by atoms with Gasteiger partial charge in [0.1, 0.15) is 15.5 Å². The van der Waals surface area contributed by atoms with E-state index < -0.39 is 10.0 Å². The van der Waals surface area contributed by atoms with Gasteiger partial charge in [-0.2, -0.15) is 0 Å². The van der Waals surface area contributed by atoms with Crippen molar-refractivity contribution in [3.05, 3.63) is 46.7 Å². The van der Waals surface area contributed by atoms with Crippen LogP contribution in [0.5, 0.6) is 5.75 Å². The predicted molar refractivity (Wildman–Crippen MR) is 106 cm³/mol. The normalized spacial score (nSPS) is 17.9. The van der Waals surface area contributed by atoms with Crippen LogP contribution in [0.3, 0.4) is 0 Å². The number of ether oxygens (including phenoxy) is 1. The zero-order chi connectivity index (χ0) is 19.4. The molecule has 1 aromatic carbocycles. The van der Waals surface area contributed by atoms with E-state index in [0.29, 0.717) is 19.7 Å². The summed E-state index contributed by atoms with van der Waals surface area (Å²) in [5.41, 5.74) is 0. The minimum Gasteiger partial charge on any atom is -0.493 e. The van der Waals surface area contributed by atoms with Gasteiger partial charge in [0.15, 0.2) is 0 Å². The highest BCUT2D eigenvalue weighted by Gasteiger charge is 2.31. The van der Waals surface area contributed by atoms with Gasteiger partial charge < -0.3 is 9.64 Å². The molecule has 1 atom stereocenters. The Bertz CT molecular complexity index is 878. The predicted octanol–water partition coefficient (Wildman–Crippen LogP) is 2.93. The fourth-order valence-electron chi connectivity index (χ4n) is 3.11. The summed E-state index contributed by atoms with van der Waals surface area (Å²) < 4.78 is 31.9.